The van der Waals surface area contributed by atoms with Crippen LogP contribution in [-0.2, 0) is 4.79 Å². The van der Waals surface area contributed by atoms with Crippen LogP contribution in [0.25, 0.3) is 10.2 Å². The van der Waals surface area contributed by atoms with Gasteiger partial charge in [0.15, 0.2) is 16.7 Å². The summed E-state index contributed by atoms with van der Waals surface area (Å²) in [6.07, 6.45) is 3.11. The minimum Gasteiger partial charge on any atom is -0.503 e. The predicted molar refractivity (Wildman–Crippen MR) is 139 cm³/mol. The Morgan fingerprint density at radius 1 is 1.16 bits per heavy atom. The lowest BCUT2D eigenvalue weighted by Crippen LogP contribution is -2.30. The van der Waals surface area contributed by atoms with E-state index in [1.54, 1.807) is 37.3 Å². The van der Waals surface area contributed by atoms with E-state index in [1.807, 2.05) is 0 Å². The van der Waals surface area contributed by atoms with E-state index in [1.165, 1.54) is 29.2 Å². The van der Waals surface area contributed by atoms with Gasteiger partial charge in [0.25, 0.3) is 5.91 Å². The van der Waals surface area contributed by atoms with Crippen molar-refractivity contribution in [3.05, 3.63) is 88.8 Å². The van der Waals surface area contributed by atoms with Crippen LogP contribution in [-0.4, -0.2) is 28.4 Å². The van der Waals surface area contributed by atoms with Gasteiger partial charge >= 0.3 is 0 Å². The van der Waals surface area contributed by atoms with E-state index >= 15 is 0 Å². The number of rotatable bonds is 9. The van der Waals surface area contributed by atoms with Crippen molar-refractivity contribution in [2.45, 2.75) is 39.2 Å². The molecule has 0 saturated carbocycles. The van der Waals surface area contributed by atoms with Gasteiger partial charge in [-0.15, -0.1) is 0 Å². The quantitative estimate of drug-likeness (QED) is 0.195. The first-order valence-corrected chi connectivity index (χ1v) is 12.9. The molecule has 1 atom stereocenters. The predicted octanol–water partition coefficient (Wildman–Crippen LogP) is 6.69. The topological polar surface area (TPSA) is 92.9 Å². The zero-order valence-corrected chi connectivity index (χ0v) is 21.2. The molecule has 1 unspecified atom stereocenters. The Morgan fingerprint density at radius 3 is 2.65 bits per heavy atom. The van der Waals surface area contributed by atoms with Crippen molar-refractivity contribution in [2.24, 2.45) is 0 Å². The summed E-state index contributed by atoms with van der Waals surface area (Å²) >= 11 is 1.10. The third-order valence-electron chi connectivity index (χ3n) is 6.17. The summed E-state index contributed by atoms with van der Waals surface area (Å²) in [5, 5.41) is 11.2. The van der Waals surface area contributed by atoms with Gasteiger partial charge in [0.05, 0.1) is 28.4 Å². The lowest BCUT2D eigenvalue weighted by atomic mass is 9.95. The Bertz CT molecular complexity index is 1500. The fourth-order valence-corrected chi connectivity index (χ4v) is 5.33. The number of benzene rings is 2. The number of anilines is 1. The van der Waals surface area contributed by atoms with Gasteiger partial charge in [-0.25, -0.2) is 9.37 Å². The molecule has 2 aromatic heterocycles. The van der Waals surface area contributed by atoms with E-state index in [9.17, 15) is 19.1 Å². The van der Waals surface area contributed by atoms with E-state index in [0.717, 1.165) is 30.6 Å². The van der Waals surface area contributed by atoms with Gasteiger partial charge in [-0.2, -0.15) is 0 Å². The number of furan rings is 1. The first kappa shape index (κ1) is 24.7. The summed E-state index contributed by atoms with van der Waals surface area (Å²) in [5.74, 6) is -1.26. The molecule has 37 heavy (non-hydrogen) atoms. The molecular weight excluding hydrogens is 495 g/mol. The molecule has 1 aliphatic rings. The number of unbranched alkanes of at least 4 members (excludes halogenated alkanes) is 2. The van der Waals surface area contributed by atoms with E-state index in [2.05, 4.69) is 11.9 Å². The first-order chi connectivity index (χ1) is 17.9. The van der Waals surface area contributed by atoms with Gasteiger partial charge in [0, 0.05) is 0 Å². The van der Waals surface area contributed by atoms with Crippen molar-refractivity contribution in [1.29, 1.82) is 0 Å². The van der Waals surface area contributed by atoms with Gasteiger partial charge < -0.3 is 14.3 Å². The van der Waals surface area contributed by atoms with E-state index in [0.29, 0.717) is 33.9 Å². The third kappa shape index (κ3) is 4.74. The molecule has 3 heterocycles. The van der Waals surface area contributed by atoms with Crippen LogP contribution in [0.2, 0.25) is 0 Å². The lowest BCUT2D eigenvalue weighted by Gasteiger charge is -2.24. The van der Waals surface area contributed by atoms with E-state index in [-0.39, 0.29) is 16.5 Å². The van der Waals surface area contributed by atoms with Crippen molar-refractivity contribution in [1.82, 2.24) is 4.98 Å². The van der Waals surface area contributed by atoms with Crippen LogP contribution >= 0.6 is 11.3 Å². The maximum absolute atomic E-state index is 13.8. The average molecular weight is 521 g/mol. The van der Waals surface area contributed by atoms with E-state index < -0.39 is 29.3 Å². The molecule has 0 spiro atoms. The number of ketones is 1. The molecule has 2 aromatic carbocycles. The van der Waals surface area contributed by atoms with Crippen molar-refractivity contribution >= 4 is 38.4 Å². The summed E-state index contributed by atoms with van der Waals surface area (Å²) < 4.78 is 25.7. The maximum Gasteiger partial charge on any atom is 0.296 e. The van der Waals surface area contributed by atoms with Crippen molar-refractivity contribution in [3.8, 4) is 5.75 Å². The SMILES string of the molecule is CCCCCOc1ccc(C2C(C(=O)c3ccc(C)o3)=C(O)C(=O)N2c2nc3ccc(F)cc3s2)cc1. The van der Waals surface area contributed by atoms with Gasteiger partial charge in [-0.3, -0.25) is 14.5 Å². The van der Waals surface area contributed by atoms with Gasteiger partial charge in [-0.05, 0) is 61.4 Å². The number of aryl methyl sites for hydroxylation is 1. The second kappa shape index (κ2) is 10.2. The highest BCUT2D eigenvalue weighted by molar-refractivity contribution is 7.22. The maximum atomic E-state index is 13.8. The second-order valence-corrected chi connectivity index (χ2v) is 9.82. The average Bonchev–Trinajstić information content (AvgIpc) is 3.58. The van der Waals surface area contributed by atoms with Gasteiger partial charge in [-0.1, -0.05) is 43.2 Å². The molecular formula is C28H25FN2O5S. The Labute approximate surface area is 216 Å². The van der Waals surface area contributed by atoms with Crippen molar-refractivity contribution in [3.63, 3.8) is 0 Å². The highest BCUT2D eigenvalue weighted by Gasteiger charge is 2.46. The number of nitrogens with zero attached hydrogens (tertiary/aromatic N) is 2. The zero-order chi connectivity index (χ0) is 26.1. The molecule has 0 saturated heterocycles. The summed E-state index contributed by atoms with van der Waals surface area (Å²) in [4.78, 5) is 32.6. The lowest BCUT2D eigenvalue weighted by molar-refractivity contribution is -0.117. The number of amides is 1. The molecule has 7 nitrogen and oxygen atoms in total. The Balaban J connectivity index is 1.55. The highest BCUT2D eigenvalue weighted by Crippen LogP contribution is 2.44. The monoisotopic (exact) mass is 520 g/mol. The van der Waals surface area contributed by atoms with Crippen LogP contribution in [0.1, 0.15) is 54.1 Å². The number of ether oxygens (including phenoxy) is 1. The van der Waals surface area contributed by atoms with Gasteiger partial charge in [0.1, 0.15) is 17.3 Å². The molecule has 0 aliphatic carbocycles. The zero-order valence-electron chi connectivity index (χ0n) is 20.4. The minimum absolute atomic E-state index is 0.0148. The Kier molecular flexibility index (Phi) is 6.80. The number of aromatic nitrogens is 1. The molecule has 1 aliphatic heterocycles. The number of hydrogen-bond acceptors (Lipinski definition) is 7. The molecule has 0 bridgehead atoms. The number of aliphatic hydroxyl groups excluding tert-OH is 1. The molecule has 1 amide bonds. The first-order valence-electron chi connectivity index (χ1n) is 12.0. The number of thiazole rings is 1. The van der Waals surface area contributed by atoms with Crippen LogP contribution in [0.4, 0.5) is 9.52 Å². The fraction of sp³-hybridized carbons (Fsp3) is 0.250. The fourth-order valence-electron chi connectivity index (χ4n) is 4.32. The van der Waals surface area contributed by atoms with Crippen LogP contribution in [0.3, 0.4) is 0 Å². The Hall–Kier alpha value is -3.98. The van der Waals surface area contributed by atoms with Crippen LogP contribution < -0.4 is 9.64 Å². The van der Waals surface area contributed by atoms with Crippen LogP contribution in [0, 0.1) is 12.7 Å². The third-order valence-corrected chi connectivity index (χ3v) is 7.19. The summed E-state index contributed by atoms with van der Waals surface area (Å²) in [5.41, 5.74) is 0.974. The summed E-state index contributed by atoms with van der Waals surface area (Å²) in [6.45, 7) is 4.41. The normalized spacial score (nSPS) is 15.7. The van der Waals surface area contributed by atoms with Crippen molar-refractivity contribution < 1.29 is 28.2 Å². The molecule has 9 heteroatoms. The molecule has 0 fully saturated rings. The molecule has 1 N–H and O–H groups in total. The number of fused-ring (bicyclic) bond motifs is 1. The number of aliphatic hydroxyl groups is 1. The standard InChI is InChI=1S/C28H25FN2O5S/c1-3-4-5-14-35-19-10-7-17(8-11-19)24-23(25(32)21-13-6-16(2)36-21)26(33)27(34)31(24)28-30-20-12-9-18(29)15-22(20)37-28/h6-13,15,24,33H,3-5,14H2,1-2H3. The van der Waals surface area contributed by atoms with Crippen LogP contribution in [0.15, 0.2) is 70.3 Å². The van der Waals surface area contributed by atoms with E-state index in [4.69, 9.17) is 9.15 Å². The van der Waals surface area contributed by atoms with Crippen molar-refractivity contribution in [2.75, 3.05) is 11.5 Å². The number of carbonyl (C=O) groups excluding carboxylic acids is 2. The number of Topliss-reactive ketones (excluding diaryl/α,β-unsaturated/α-hetero) is 1. The summed E-state index contributed by atoms with van der Waals surface area (Å²) in [7, 11) is 0. The molecule has 190 valence electrons. The van der Waals surface area contributed by atoms with Gasteiger partial charge in [0.2, 0.25) is 5.78 Å². The second-order valence-electron chi connectivity index (χ2n) is 8.81. The summed E-state index contributed by atoms with van der Waals surface area (Å²) in [6, 6.07) is 13.4. The minimum atomic E-state index is -0.968. The highest BCUT2D eigenvalue weighted by atomic mass is 32.1. The molecule has 4 aromatic rings. The largest absolute Gasteiger partial charge is 0.503 e. The number of carbonyl (C=O) groups is 2. The van der Waals surface area contributed by atoms with Crippen LogP contribution in [0.5, 0.6) is 5.75 Å². The smallest absolute Gasteiger partial charge is 0.296 e. The molecule has 5 rings (SSSR count). The number of halogens is 1. The molecule has 0 radical (unpaired) electrons. The Morgan fingerprint density at radius 2 is 1.95 bits per heavy atom. The number of hydrogen-bond donors (Lipinski definition) is 1.